The Balaban J connectivity index is 1.96. The fourth-order valence-corrected chi connectivity index (χ4v) is 3.01. The summed E-state index contributed by atoms with van der Waals surface area (Å²) in [4.78, 5) is 11.7. The number of amides is 1. The zero-order valence-electron chi connectivity index (χ0n) is 16.3. The highest BCUT2D eigenvalue weighted by Crippen LogP contribution is 2.36. The van der Waals surface area contributed by atoms with Crippen molar-refractivity contribution in [2.75, 3.05) is 14.2 Å². The standard InChI is InChI=1S/C20H23F3N2O3S/c1-13(19(26)24-2)25-11-15-6-9-17(18(10-15)27-3)28-12-14-4-7-16(8-5-14)29-20(21,22)23/h4-10,13,25H,11-12H2,1-3H3,(H,24,26)/t13-/m0/s1. The van der Waals surface area contributed by atoms with Gasteiger partial charge < -0.3 is 20.1 Å². The number of methoxy groups -OCH3 is 1. The molecule has 0 unspecified atom stereocenters. The summed E-state index contributed by atoms with van der Waals surface area (Å²) >= 11 is -0.151. The number of hydrogen-bond acceptors (Lipinski definition) is 5. The molecule has 0 fully saturated rings. The number of thioether (sulfide) groups is 1. The van der Waals surface area contributed by atoms with Crippen LogP contribution in [0, 0.1) is 0 Å². The third kappa shape index (κ3) is 7.51. The molecule has 2 aromatic carbocycles. The number of rotatable bonds is 9. The van der Waals surface area contributed by atoms with Gasteiger partial charge in [-0.3, -0.25) is 4.79 Å². The van der Waals surface area contributed by atoms with E-state index in [1.807, 2.05) is 12.1 Å². The molecule has 0 aliphatic carbocycles. The second kappa shape index (κ2) is 10.4. The molecule has 158 valence electrons. The molecule has 2 aromatic rings. The molecule has 1 atom stereocenters. The number of hydrogen-bond donors (Lipinski definition) is 2. The van der Waals surface area contributed by atoms with Crippen LogP contribution in [0.25, 0.3) is 0 Å². The van der Waals surface area contributed by atoms with Gasteiger partial charge in [0.25, 0.3) is 0 Å². The van der Waals surface area contributed by atoms with E-state index in [0.717, 1.165) is 11.1 Å². The molecule has 0 radical (unpaired) electrons. The Bertz CT molecular complexity index is 814. The van der Waals surface area contributed by atoms with Crippen LogP contribution in [0.1, 0.15) is 18.1 Å². The van der Waals surface area contributed by atoms with Crippen LogP contribution in [-0.4, -0.2) is 31.6 Å². The smallest absolute Gasteiger partial charge is 0.446 e. The predicted octanol–water partition coefficient (Wildman–Crippen LogP) is 4.11. The lowest BCUT2D eigenvalue weighted by molar-refractivity contribution is -0.122. The molecule has 0 aliphatic rings. The van der Waals surface area contributed by atoms with Crippen molar-refractivity contribution >= 4 is 17.7 Å². The number of likely N-dealkylation sites (N-methyl/N-ethyl adjacent to an activating group) is 1. The van der Waals surface area contributed by atoms with E-state index in [0.29, 0.717) is 18.0 Å². The number of ether oxygens (including phenoxy) is 2. The van der Waals surface area contributed by atoms with E-state index >= 15 is 0 Å². The molecule has 5 nitrogen and oxygen atoms in total. The van der Waals surface area contributed by atoms with Crippen LogP contribution in [0.3, 0.4) is 0 Å². The molecule has 0 saturated heterocycles. The summed E-state index contributed by atoms with van der Waals surface area (Å²) in [6.45, 7) is 2.44. The first-order valence-electron chi connectivity index (χ1n) is 8.81. The van der Waals surface area contributed by atoms with Crippen molar-refractivity contribution in [3.63, 3.8) is 0 Å². The van der Waals surface area contributed by atoms with Gasteiger partial charge in [0.2, 0.25) is 5.91 Å². The molecular formula is C20H23F3N2O3S. The average molecular weight is 428 g/mol. The van der Waals surface area contributed by atoms with Crippen molar-refractivity contribution in [3.05, 3.63) is 53.6 Å². The van der Waals surface area contributed by atoms with Gasteiger partial charge in [-0.1, -0.05) is 18.2 Å². The highest BCUT2D eigenvalue weighted by Gasteiger charge is 2.29. The van der Waals surface area contributed by atoms with Crippen LogP contribution in [0.5, 0.6) is 11.5 Å². The van der Waals surface area contributed by atoms with Gasteiger partial charge in [-0.15, -0.1) is 0 Å². The maximum atomic E-state index is 12.4. The highest BCUT2D eigenvalue weighted by atomic mass is 32.2. The molecule has 0 aliphatic heterocycles. The van der Waals surface area contributed by atoms with Gasteiger partial charge in [-0.25, -0.2) is 0 Å². The van der Waals surface area contributed by atoms with Crippen molar-refractivity contribution in [1.29, 1.82) is 0 Å². The quantitative estimate of drug-likeness (QED) is 0.589. The number of carbonyl (C=O) groups is 1. The molecule has 0 saturated carbocycles. The Kier molecular flexibility index (Phi) is 8.21. The molecule has 2 rings (SSSR count). The molecule has 0 aromatic heterocycles. The normalized spacial score (nSPS) is 12.3. The van der Waals surface area contributed by atoms with Gasteiger partial charge in [0.05, 0.1) is 13.2 Å². The molecule has 1 amide bonds. The SMILES string of the molecule is CNC(=O)[C@H](C)NCc1ccc(OCc2ccc(SC(F)(F)F)cc2)c(OC)c1. The van der Waals surface area contributed by atoms with E-state index in [2.05, 4.69) is 10.6 Å². The van der Waals surface area contributed by atoms with Gasteiger partial charge in [-0.2, -0.15) is 13.2 Å². The van der Waals surface area contributed by atoms with Gasteiger partial charge in [0.15, 0.2) is 11.5 Å². The van der Waals surface area contributed by atoms with Crippen molar-refractivity contribution < 1.29 is 27.4 Å². The summed E-state index contributed by atoms with van der Waals surface area (Å²) in [5.41, 5.74) is -2.65. The minimum absolute atomic E-state index is 0.100. The van der Waals surface area contributed by atoms with Crippen molar-refractivity contribution in [1.82, 2.24) is 10.6 Å². The van der Waals surface area contributed by atoms with E-state index < -0.39 is 5.51 Å². The van der Waals surface area contributed by atoms with Crippen LogP contribution >= 0.6 is 11.8 Å². The first-order valence-corrected chi connectivity index (χ1v) is 9.63. The maximum Gasteiger partial charge on any atom is 0.446 e. The van der Waals surface area contributed by atoms with Crippen LogP contribution in [-0.2, 0) is 17.9 Å². The van der Waals surface area contributed by atoms with Crippen LogP contribution in [0.4, 0.5) is 13.2 Å². The van der Waals surface area contributed by atoms with Gasteiger partial charge >= 0.3 is 5.51 Å². The number of carbonyl (C=O) groups excluding carboxylic acids is 1. The third-order valence-electron chi connectivity index (χ3n) is 4.03. The van der Waals surface area contributed by atoms with E-state index in [9.17, 15) is 18.0 Å². The summed E-state index contributed by atoms with van der Waals surface area (Å²) < 4.78 is 48.3. The first-order chi connectivity index (χ1) is 13.7. The van der Waals surface area contributed by atoms with Crippen LogP contribution < -0.4 is 20.1 Å². The summed E-state index contributed by atoms with van der Waals surface area (Å²) in [7, 11) is 3.11. The predicted molar refractivity (Wildman–Crippen MR) is 106 cm³/mol. The van der Waals surface area contributed by atoms with E-state index in [-0.39, 0.29) is 35.2 Å². The third-order valence-corrected chi connectivity index (χ3v) is 4.77. The van der Waals surface area contributed by atoms with Crippen molar-refractivity contribution in [3.8, 4) is 11.5 Å². The Morgan fingerprint density at radius 1 is 1.10 bits per heavy atom. The lowest BCUT2D eigenvalue weighted by atomic mass is 10.2. The molecule has 0 heterocycles. The fraction of sp³-hybridized carbons (Fsp3) is 0.350. The maximum absolute atomic E-state index is 12.4. The molecule has 2 N–H and O–H groups in total. The molecule has 0 bridgehead atoms. The molecule has 9 heteroatoms. The van der Waals surface area contributed by atoms with Gasteiger partial charge in [-0.05, 0) is 54.1 Å². The number of benzene rings is 2. The van der Waals surface area contributed by atoms with Crippen molar-refractivity contribution in [2.45, 2.75) is 36.5 Å². The van der Waals surface area contributed by atoms with Gasteiger partial charge in [0, 0.05) is 18.5 Å². The number of halogens is 3. The van der Waals surface area contributed by atoms with E-state index in [4.69, 9.17) is 9.47 Å². The number of nitrogens with one attached hydrogen (secondary N) is 2. The van der Waals surface area contributed by atoms with Crippen molar-refractivity contribution in [2.24, 2.45) is 0 Å². The molecule has 0 spiro atoms. The molecule has 29 heavy (non-hydrogen) atoms. The lowest BCUT2D eigenvalue weighted by Gasteiger charge is -2.15. The zero-order valence-corrected chi connectivity index (χ0v) is 17.1. The number of alkyl halides is 3. The second-order valence-electron chi connectivity index (χ2n) is 6.18. The largest absolute Gasteiger partial charge is 0.493 e. The van der Waals surface area contributed by atoms with Crippen LogP contribution in [0.2, 0.25) is 0 Å². The lowest BCUT2D eigenvalue weighted by Crippen LogP contribution is -2.40. The summed E-state index contributed by atoms with van der Waals surface area (Å²) in [6.07, 6.45) is 0. The van der Waals surface area contributed by atoms with Gasteiger partial charge in [0.1, 0.15) is 6.61 Å². The summed E-state index contributed by atoms with van der Waals surface area (Å²) in [6, 6.07) is 11.1. The second-order valence-corrected chi connectivity index (χ2v) is 7.32. The minimum Gasteiger partial charge on any atom is -0.493 e. The van der Waals surface area contributed by atoms with Crippen LogP contribution in [0.15, 0.2) is 47.4 Å². The zero-order chi connectivity index (χ0) is 21.4. The Morgan fingerprint density at radius 3 is 2.34 bits per heavy atom. The first kappa shape index (κ1) is 22.9. The molecular weight excluding hydrogens is 405 g/mol. The fourth-order valence-electron chi connectivity index (χ4n) is 2.47. The van der Waals surface area contributed by atoms with E-state index in [1.165, 1.54) is 19.2 Å². The minimum atomic E-state index is -4.31. The Morgan fingerprint density at radius 2 is 1.76 bits per heavy atom. The average Bonchev–Trinajstić information content (AvgIpc) is 2.69. The van der Waals surface area contributed by atoms with E-state index in [1.54, 1.807) is 32.2 Å². The monoisotopic (exact) mass is 428 g/mol. The Hall–Kier alpha value is -2.39. The Labute approximate surface area is 172 Å². The summed E-state index contributed by atoms with van der Waals surface area (Å²) in [5, 5.41) is 5.69. The summed E-state index contributed by atoms with van der Waals surface area (Å²) in [5.74, 6) is 0.946. The highest BCUT2D eigenvalue weighted by molar-refractivity contribution is 8.00. The topological polar surface area (TPSA) is 59.6 Å².